The number of fused-ring (bicyclic) bond motifs is 1. The minimum Gasteiger partial charge on any atom is -0.348 e. The molecule has 0 radical (unpaired) electrons. The predicted octanol–water partition coefficient (Wildman–Crippen LogP) is 1.83. The van der Waals surface area contributed by atoms with Gasteiger partial charge in [0.25, 0.3) is 5.91 Å². The van der Waals surface area contributed by atoms with E-state index in [0.29, 0.717) is 17.6 Å². The highest BCUT2D eigenvalue weighted by molar-refractivity contribution is 6.05. The Labute approximate surface area is 104 Å². The van der Waals surface area contributed by atoms with Crippen LogP contribution in [0.3, 0.4) is 0 Å². The lowest BCUT2D eigenvalue weighted by Gasteiger charge is -2.07. The van der Waals surface area contributed by atoms with Gasteiger partial charge in [0.2, 0.25) is 5.56 Å². The van der Waals surface area contributed by atoms with Crippen LogP contribution in [-0.4, -0.2) is 17.4 Å². The van der Waals surface area contributed by atoms with Crippen molar-refractivity contribution in [3.63, 3.8) is 0 Å². The Bertz CT molecular complexity index is 671. The standard InChI is InChI=1S/C14H14N2O2/c1-9(2)8-15-14(18)11-7-13(17)16-12-6-4-3-5-10(11)12/h3-7H,1,8H2,2H3,(H,15,18)(H,16,17). The average molecular weight is 242 g/mol. The zero-order valence-corrected chi connectivity index (χ0v) is 10.1. The highest BCUT2D eigenvalue weighted by Crippen LogP contribution is 2.14. The second-order valence-corrected chi connectivity index (χ2v) is 4.23. The average Bonchev–Trinajstić information content (AvgIpc) is 2.34. The third kappa shape index (κ3) is 2.48. The first-order valence-electron chi connectivity index (χ1n) is 5.62. The fourth-order valence-corrected chi connectivity index (χ4v) is 1.72. The number of aromatic amines is 1. The van der Waals surface area contributed by atoms with Crippen LogP contribution in [0, 0.1) is 0 Å². The molecule has 2 N–H and O–H groups in total. The Balaban J connectivity index is 2.46. The monoisotopic (exact) mass is 242 g/mol. The van der Waals surface area contributed by atoms with Gasteiger partial charge in [0.05, 0.1) is 5.56 Å². The number of hydrogen-bond donors (Lipinski definition) is 2. The topological polar surface area (TPSA) is 62.0 Å². The van der Waals surface area contributed by atoms with Crippen LogP contribution < -0.4 is 10.9 Å². The third-order valence-corrected chi connectivity index (χ3v) is 2.55. The van der Waals surface area contributed by atoms with E-state index < -0.39 is 0 Å². The summed E-state index contributed by atoms with van der Waals surface area (Å²) in [5.74, 6) is -0.264. The molecule has 4 nitrogen and oxygen atoms in total. The molecule has 0 atom stereocenters. The van der Waals surface area contributed by atoms with Crippen molar-refractivity contribution in [1.82, 2.24) is 10.3 Å². The molecule has 4 heteroatoms. The molecule has 0 saturated carbocycles. The van der Waals surface area contributed by atoms with Crippen molar-refractivity contribution in [2.45, 2.75) is 6.92 Å². The second-order valence-electron chi connectivity index (χ2n) is 4.23. The molecule has 0 bridgehead atoms. The maximum Gasteiger partial charge on any atom is 0.252 e. The first kappa shape index (κ1) is 12.1. The Morgan fingerprint density at radius 3 is 2.83 bits per heavy atom. The van der Waals surface area contributed by atoms with Crippen LogP contribution in [0.15, 0.2) is 47.3 Å². The Morgan fingerprint density at radius 2 is 2.11 bits per heavy atom. The first-order chi connectivity index (χ1) is 8.58. The van der Waals surface area contributed by atoms with E-state index in [4.69, 9.17) is 0 Å². The maximum atomic E-state index is 12.0. The highest BCUT2D eigenvalue weighted by Gasteiger charge is 2.10. The molecule has 0 aliphatic carbocycles. The summed E-state index contributed by atoms with van der Waals surface area (Å²) < 4.78 is 0. The summed E-state index contributed by atoms with van der Waals surface area (Å²) in [6.07, 6.45) is 0. The van der Waals surface area contributed by atoms with E-state index in [2.05, 4.69) is 16.9 Å². The lowest BCUT2D eigenvalue weighted by Crippen LogP contribution is -2.26. The van der Waals surface area contributed by atoms with Crippen LogP contribution in [0.1, 0.15) is 17.3 Å². The van der Waals surface area contributed by atoms with E-state index in [1.54, 1.807) is 12.1 Å². The van der Waals surface area contributed by atoms with Gasteiger partial charge in [-0.3, -0.25) is 9.59 Å². The molecule has 0 unspecified atom stereocenters. The van der Waals surface area contributed by atoms with E-state index in [0.717, 1.165) is 11.0 Å². The summed E-state index contributed by atoms with van der Waals surface area (Å²) in [5, 5.41) is 3.46. The summed E-state index contributed by atoms with van der Waals surface area (Å²) in [6, 6.07) is 8.54. The molecule has 0 aliphatic heterocycles. The molecule has 2 rings (SSSR count). The van der Waals surface area contributed by atoms with Crippen LogP contribution in [0.5, 0.6) is 0 Å². The van der Waals surface area contributed by atoms with Crippen molar-refractivity contribution in [3.05, 3.63) is 58.4 Å². The smallest absolute Gasteiger partial charge is 0.252 e. The molecule has 1 heterocycles. The van der Waals surface area contributed by atoms with Gasteiger partial charge in [-0.1, -0.05) is 30.4 Å². The van der Waals surface area contributed by atoms with E-state index in [1.807, 2.05) is 19.1 Å². The highest BCUT2D eigenvalue weighted by atomic mass is 16.2. The van der Waals surface area contributed by atoms with E-state index in [9.17, 15) is 9.59 Å². The Morgan fingerprint density at radius 1 is 1.39 bits per heavy atom. The van der Waals surface area contributed by atoms with Gasteiger partial charge in [0, 0.05) is 23.5 Å². The van der Waals surface area contributed by atoms with Gasteiger partial charge in [-0.05, 0) is 13.0 Å². The summed E-state index contributed by atoms with van der Waals surface area (Å²) in [7, 11) is 0. The number of nitrogens with one attached hydrogen (secondary N) is 2. The van der Waals surface area contributed by atoms with Crippen molar-refractivity contribution in [3.8, 4) is 0 Å². The van der Waals surface area contributed by atoms with Crippen molar-refractivity contribution in [1.29, 1.82) is 0 Å². The predicted molar refractivity (Wildman–Crippen MR) is 71.7 cm³/mol. The molecule has 1 amide bonds. The minimum absolute atomic E-state index is 0.264. The van der Waals surface area contributed by atoms with E-state index >= 15 is 0 Å². The van der Waals surface area contributed by atoms with E-state index in [1.165, 1.54) is 6.07 Å². The van der Waals surface area contributed by atoms with Gasteiger partial charge >= 0.3 is 0 Å². The largest absolute Gasteiger partial charge is 0.348 e. The van der Waals surface area contributed by atoms with Gasteiger partial charge in [-0.2, -0.15) is 0 Å². The van der Waals surface area contributed by atoms with Crippen molar-refractivity contribution < 1.29 is 4.79 Å². The fourth-order valence-electron chi connectivity index (χ4n) is 1.72. The maximum absolute atomic E-state index is 12.0. The summed E-state index contributed by atoms with van der Waals surface area (Å²) in [4.78, 5) is 26.2. The SMILES string of the molecule is C=C(C)CNC(=O)c1cc(=O)[nH]c2ccccc12. The number of amides is 1. The number of rotatable bonds is 3. The number of hydrogen-bond acceptors (Lipinski definition) is 2. The number of aromatic nitrogens is 1. The zero-order valence-electron chi connectivity index (χ0n) is 10.1. The number of carbonyl (C=O) groups excluding carboxylic acids is 1. The second kappa shape index (κ2) is 4.87. The molecule has 92 valence electrons. The van der Waals surface area contributed by atoms with Gasteiger partial charge in [-0.25, -0.2) is 0 Å². The van der Waals surface area contributed by atoms with Gasteiger partial charge in [-0.15, -0.1) is 0 Å². The first-order valence-corrected chi connectivity index (χ1v) is 5.62. The van der Waals surface area contributed by atoms with E-state index in [-0.39, 0.29) is 11.5 Å². The number of benzene rings is 1. The van der Waals surface area contributed by atoms with Crippen LogP contribution in [0.25, 0.3) is 10.9 Å². The van der Waals surface area contributed by atoms with Crippen LogP contribution in [0.2, 0.25) is 0 Å². The molecular weight excluding hydrogens is 228 g/mol. The molecular formula is C14H14N2O2. The fraction of sp³-hybridized carbons (Fsp3) is 0.143. The Kier molecular flexibility index (Phi) is 3.28. The van der Waals surface area contributed by atoms with Gasteiger partial charge in [0.15, 0.2) is 0 Å². The number of para-hydroxylation sites is 1. The van der Waals surface area contributed by atoms with Crippen molar-refractivity contribution in [2.75, 3.05) is 6.54 Å². The molecule has 0 fully saturated rings. The lowest BCUT2D eigenvalue weighted by molar-refractivity contribution is 0.0958. The van der Waals surface area contributed by atoms with Crippen molar-refractivity contribution in [2.24, 2.45) is 0 Å². The minimum atomic E-state index is -0.283. The molecule has 2 aromatic rings. The number of pyridine rings is 1. The molecule has 18 heavy (non-hydrogen) atoms. The van der Waals surface area contributed by atoms with Gasteiger partial charge in [0.1, 0.15) is 0 Å². The lowest BCUT2D eigenvalue weighted by atomic mass is 10.1. The van der Waals surface area contributed by atoms with Crippen molar-refractivity contribution >= 4 is 16.8 Å². The molecule has 1 aromatic heterocycles. The third-order valence-electron chi connectivity index (χ3n) is 2.55. The summed E-state index contributed by atoms with van der Waals surface area (Å²) in [5.41, 5.74) is 1.62. The quantitative estimate of drug-likeness (QED) is 0.807. The normalized spacial score (nSPS) is 10.3. The Hall–Kier alpha value is -2.36. The van der Waals surface area contributed by atoms with Crippen LogP contribution in [-0.2, 0) is 0 Å². The summed E-state index contributed by atoms with van der Waals surface area (Å²) >= 11 is 0. The van der Waals surface area contributed by atoms with Crippen LogP contribution in [0.4, 0.5) is 0 Å². The number of carbonyl (C=O) groups is 1. The number of H-pyrrole nitrogens is 1. The summed E-state index contributed by atoms with van der Waals surface area (Å²) in [6.45, 7) is 5.95. The zero-order chi connectivity index (χ0) is 13.1. The molecule has 0 aliphatic rings. The molecule has 0 saturated heterocycles. The van der Waals surface area contributed by atoms with Gasteiger partial charge < -0.3 is 10.3 Å². The van der Waals surface area contributed by atoms with Crippen LogP contribution >= 0.6 is 0 Å². The molecule has 0 spiro atoms. The molecule has 1 aromatic carbocycles.